The Morgan fingerprint density at radius 1 is 1.17 bits per heavy atom. The van der Waals surface area contributed by atoms with Gasteiger partial charge in [-0.05, 0) is 37.6 Å². The van der Waals surface area contributed by atoms with Crippen LogP contribution in [-0.4, -0.2) is 27.0 Å². The zero-order chi connectivity index (χ0) is 18.0. The van der Waals surface area contributed by atoms with Gasteiger partial charge in [-0.2, -0.15) is 0 Å². The number of nitro groups is 1. The molecule has 0 bridgehead atoms. The lowest BCUT2D eigenvalue weighted by Crippen LogP contribution is -2.15. The van der Waals surface area contributed by atoms with Crippen molar-refractivity contribution in [3.05, 3.63) is 62.7 Å². The molecule has 0 atom stereocenters. The molecule has 8 nitrogen and oxygen atoms in total. The maximum atomic E-state index is 12.3. The van der Waals surface area contributed by atoms with Crippen molar-refractivity contribution in [1.82, 2.24) is 0 Å². The van der Waals surface area contributed by atoms with Crippen LogP contribution in [0.4, 0.5) is 11.4 Å². The SMILES string of the molecule is Cc1cc(NC(=O)c2cccc([N+](=O)[O-])c2C)cc(C(=O)O)c1O. The third-order valence-electron chi connectivity index (χ3n) is 3.54. The number of nitrogens with zero attached hydrogens (tertiary/aromatic N) is 1. The Labute approximate surface area is 136 Å². The molecule has 0 saturated carbocycles. The van der Waals surface area contributed by atoms with Crippen LogP contribution in [0.15, 0.2) is 30.3 Å². The molecular weight excluding hydrogens is 316 g/mol. The van der Waals surface area contributed by atoms with Gasteiger partial charge in [0.25, 0.3) is 11.6 Å². The number of benzene rings is 2. The van der Waals surface area contributed by atoms with E-state index in [1.807, 2.05) is 0 Å². The summed E-state index contributed by atoms with van der Waals surface area (Å²) in [4.78, 5) is 33.8. The third-order valence-corrected chi connectivity index (χ3v) is 3.54. The Hall–Kier alpha value is -3.42. The Bertz CT molecular complexity index is 860. The van der Waals surface area contributed by atoms with Crippen LogP contribution in [-0.2, 0) is 0 Å². The van der Waals surface area contributed by atoms with Crippen LogP contribution < -0.4 is 5.32 Å². The van der Waals surface area contributed by atoms with Crippen LogP contribution in [0, 0.1) is 24.0 Å². The van der Waals surface area contributed by atoms with Crippen molar-refractivity contribution in [2.75, 3.05) is 5.32 Å². The van der Waals surface area contributed by atoms with Gasteiger partial charge in [-0.1, -0.05) is 6.07 Å². The van der Waals surface area contributed by atoms with Gasteiger partial charge >= 0.3 is 5.97 Å². The lowest BCUT2D eigenvalue weighted by atomic mass is 10.1. The quantitative estimate of drug-likeness (QED) is 0.449. The standard InChI is InChI=1S/C16H14N2O6/c1-8-6-10(7-12(14(8)19)16(21)22)17-15(20)11-4-3-5-13(9(11)2)18(23)24/h3-7,19H,1-2H3,(H,17,20)(H,21,22). The highest BCUT2D eigenvalue weighted by Gasteiger charge is 2.19. The number of aromatic hydroxyl groups is 1. The van der Waals surface area contributed by atoms with E-state index in [-0.39, 0.29) is 39.4 Å². The number of aryl methyl sites for hydroxylation is 1. The lowest BCUT2D eigenvalue weighted by molar-refractivity contribution is -0.385. The molecule has 0 aromatic heterocycles. The van der Waals surface area contributed by atoms with Gasteiger partial charge in [0.05, 0.1) is 4.92 Å². The molecule has 2 rings (SSSR count). The van der Waals surface area contributed by atoms with Crippen molar-refractivity contribution in [3.63, 3.8) is 0 Å². The first-order chi connectivity index (χ1) is 11.2. The number of rotatable bonds is 4. The van der Waals surface area contributed by atoms with Gasteiger partial charge < -0.3 is 15.5 Å². The van der Waals surface area contributed by atoms with E-state index >= 15 is 0 Å². The van der Waals surface area contributed by atoms with Gasteiger partial charge in [-0.25, -0.2) is 4.79 Å². The van der Waals surface area contributed by atoms with Crippen LogP contribution in [0.5, 0.6) is 5.75 Å². The maximum absolute atomic E-state index is 12.3. The Kier molecular flexibility index (Phi) is 4.50. The molecule has 0 heterocycles. The van der Waals surface area contributed by atoms with Crippen molar-refractivity contribution in [2.24, 2.45) is 0 Å². The predicted octanol–water partition coefficient (Wildman–Crippen LogP) is 2.87. The molecule has 0 aliphatic rings. The van der Waals surface area contributed by atoms with Crippen molar-refractivity contribution in [2.45, 2.75) is 13.8 Å². The number of carboxylic acid groups (broad SMARTS) is 1. The minimum absolute atomic E-state index is 0.104. The number of phenols is 1. The number of nitrogens with one attached hydrogen (secondary N) is 1. The molecule has 0 unspecified atom stereocenters. The number of carbonyl (C=O) groups excluding carboxylic acids is 1. The molecule has 2 aromatic carbocycles. The van der Waals surface area contributed by atoms with Crippen LogP contribution in [0.1, 0.15) is 31.8 Å². The summed E-state index contributed by atoms with van der Waals surface area (Å²) < 4.78 is 0. The summed E-state index contributed by atoms with van der Waals surface area (Å²) >= 11 is 0. The fraction of sp³-hybridized carbons (Fsp3) is 0.125. The van der Waals surface area contributed by atoms with Gasteiger partial charge in [-0.3, -0.25) is 14.9 Å². The molecule has 0 saturated heterocycles. The van der Waals surface area contributed by atoms with Crippen LogP contribution >= 0.6 is 0 Å². The normalized spacial score (nSPS) is 10.2. The van der Waals surface area contributed by atoms with E-state index in [2.05, 4.69) is 5.32 Å². The first-order valence-corrected chi connectivity index (χ1v) is 6.84. The third kappa shape index (κ3) is 3.17. The fourth-order valence-corrected chi connectivity index (χ4v) is 2.28. The van der Waals surface area contributed by atoms with Crippen LogP contribution in [0.2, 0.25) is 0 Å². The van der Waals surface area contributed by atoms with Gasteiger partial charge in [-0.15, -0.1) is 0 Å². The second kappa shape index (κ2) is 6.37. The minimum Gasteiger partial charge on any atom is -0.507 e. The van der Waals surface area contributed by atoms with Crippen molar-refractivity contribution < 1.29 is 24.7 Å². The number of hydrogen-bond donors (Lipinski definition) is 3. The summed E-state index contributed by atoms with van der Waals surface area (Å²) in [6.07, 6.45) is 0. The highest BCUT2D eigenvalue weighted by Crippen LogP contribution is 2.27. The molecule has 124 valence electrons. The van der Waals surface area contributed by atoms with Gasteiger partial charge in [0.1, 0.15) is 11.3 Å². The minimum atomic E-state index is -1.33. The Morgan fingerprint density at radius 2 is 1.83 bits per heavy atom. The average Bonchev–Trinajstić information content (AvgIpc) is 2.50. The smallest absolute Gasteiger partial charge is 0.339 e. The highest BCUT2D eigenvalue weighted by atomic mass is 16.6. The number of amides is 1. The summed E-state index contributed by atoms with van der Waals surface area (Å²) in [5.74, 6) is -2.33. The first-order valence-electron chi connectivity index (χ1n) is 6.84. The fourth-order valence-electron chi connectivity index (χ4n) is 2.28. The molecule has 0 spiro atoms. The number of carbonyl (C=O) groups is 2. The largest absolute Gasteiger partial charge is 0.507 e. The Balaban J connectivity index is 2.39. The number of anilines is 1. The first kappa shape index (κ1) is 16.9. The molecule has 2 aromatic rings. The maximum Gasteiger partial charge on any atom is 0.339 e. The molecule has 1 amide bonds. The van der Waals surface area contributed by atoms with E-state index in [9.17, 15) is 24.8 Å². The number of nitro benzene ring substituents is 1. The van der Waals surface area contributed by atoms with E-state index < -0.39 is 16.8 Å². The summed E-state index contributed by atoms with van der Waals surface area (Å²) in [5, 5.41) is 32.2. The van der Waals surface area contributed by atoms with E-state index in [0.29, 0.717) is 0 Å². The zero-order valence-electron chi connectivity index (χ0n) is 12.9. The second-order valence-corrected chi connectivity index (χ2v) is 5.16. The van der Waals surface area contributed by atoms with E-state index in [1.165, 1.54) is 38.1 Å². The van der Waals surface area contributed by atoms with E-state index in [0.717, 1.165) is 6.07 Å². The van der Waals surface area contributed by atoms with Gasteiger partial charge in [0.15, 0.2) is 0 Å². The summed E-state index contributed by atoms with van der Waals surface area (Å²) in [6.45, 7) is 2.95. The van der Waals surface area contributed by atoms with Crippen molar-refractivity contribution in [1.29, 1.82) is 0 Å². The molecular formula is C16H14N2O6. The lowest BCUT2D eigenvalue weighted by Gasteiger charge is -2.11. The van der Waals surface area contributed by atoms with E-state index in [4.69, 9.17) is 5.11 Å². The van der Waals surface area contributed by atoms with Gasteiger partial charge in [0, 0.05) is 22.9 Å². The molecule has 0 fully saturated rings. The van der Waals surface area contributed by atoms with Crippen LogP contribution in [0.3, 0.4) is 0 Å². The summed E-state index contributed by atoms with van der Waals surface area (Å²) in [7, 11) is 0. The van der Waals surface area contributed by atoms with E-state index in [1.54, 1.807) is 0 Å². The summed E-state index contributed by atoms with van der Waals surface area (Å²) in [6, 6.07) is 6.65. The molecule has 0 radical (unpaired) electrons. The highest BCUT2D eigenvalue weighted by molar-refractivity contribution is 6.06. The summed E-state index contributed by atoms with van der Waals surface area (Å²) in [5.41, 5.74) is 0.220. The number of hydrogen-bond acceptors (Lipinski definition) is 5. The molecule has 3 N–H and O–H groups in total. The molecule has 0 aliphatic heterocycles. The number of aromatic carboxylic acids is 1. The molecule has 0 aliphatic carbocycles. The molecule has 24 heavy (non-hydrogen) atoms. The van der Waals surface area contributed by atoms with Crippen LogP contribution in [0.25, 0.3) is 0 Å². The number of carboxylic acids is 1. The monoisotopic (exact) mass is 330 g/mol. The van der Waals surface area contributed by atoms with Gasteiger partial charge in [0.2, 0.25) is 0 Å². The molecule has 8 heteroatoms. The Morgan fingerprint density at radius 3 is 2.42 bits per heavy atom. The van der Waals surface area contributed by atoms with Crippen molar-refractivity contribution >= 4 is 23.3 Å². The second-order valence-electron chi connectivity index (χ2n) is 5.16. The predicted molar refractivity (Wildman–Crippen MR) is 85.6 cm³/mol. The topological polar surface area (TPSA) is 130 Å². The average molecular weight is 330 g/mol. The van der Waals surface area contributed by atoms with Crippen molar-refractivity contribution in [3.8, 4) is 5.75 Å². The zero-order valence-corrected chi connectivity index (χ0v) is 12.9.